The molecule has 1 saturated carbocycles. The lowest BCUT2D eigenvalue weighted by Gasteiger charge is -2.41. The summed E-state index contributed by atoms with van der Waals surface area (Å²) in [7, 11) is 0. The van der Waals surface area contributed by atoms with Gasteiger partial charge in [0.1, 0.15) is 0 Å². The Bertz CT molecular complexity index is 1060. The fraction of sp³-hybridized carbons (Fsp3) is 0.304. The van der Waals surface area contributed by atoms with Crippen LogP contribution in [0.4, 0.5) is 5.69 Å². The number of benzene rings is 1. The highest BCUT2D eigenvalue weighted by molar-refractivity contribution is 6.27. The van der Waals surface area contributed by atoms with Crippen LogP contribution >= 0.6 is 0 Å². The number of aliphatic hydroxyl groups is 2. The predicted octanol–water partition coefficient (Wildman–Crippen LogP) is 2.57. The van der Waals surface area contributed by atoms with Gasteiger partial charge >= 0.3 is 0 Å². The number of hydrogen-bond donors (Lipinski definition) is 2. The van der Waals surface area contributed by atoms with E-state index in [1.165, 1.54) is 0 Å². The first-order valence-electron chi connectivity index (χ1n) is 9.43. The quantitative estimate of drug-likeness (QED) is 0.738. The maximum Gasteiger partial charge on any atom is 0.210 e. The minimum absolute atomic E-state index is 0.139. The molecule has 1 aliphatic heterocycles. The Hall–Kier alpha value is -2.76. The summed E-state index contributed by atoms with van der Waals surface area (Å²) in [6.45, 7) is 3.91. The normalized spacial score (nSPS) is 32.8. The predicted molar refractivity (Wildman–Crippen MR) is 104 cm³/mol. The largest absolute Gasteiger partial charge is 0.371 e. The topological polar surface area (TPSA) is 77.8 Å². The molecule has 1 heterocycles. The maximum absolute atomic E-state index is 13.4. The fourth-order valence-electron chi connectivity index (χ4n) is 4.94. The zero-order chi connectivity index (χ0) is 19.9. The van der Waals surface area contributed by atoms with Crippen LogP contribution in [0, 0.1) is 5.41 Å². The number of anilines is 1. The fourth-order valence-corrected chi connectivity index (χ4v) is 4.94. The third kappa shape index (κ3) is 1.93. The Morgan fingerprint density at radius 3 is 2.43 bits per heavy atom. The standard InChI is InChI=1S/C23H21NO4/c1-21(2)12-16-19-18(20(26)23(16,28)17(25)13-21)15-10-6-7-11-22(15,27)24(19)14-8-4-3-5-9-14/h3-11,27-28H,12-13H2,1-2H3. The van der Waals surface area contributed by atoms with Crippen molar-refractivity contribution in [2.45, 2.75) is 38.0 Å². The molecule has 4 aliphatic rings. The van der Waals surface area contributed by atoms with Crippen molar-refractivity contribution in [1.29, 1.82) is 0 Å². The molecule has 2 unspecified atom stereocenters. The summed E-state index contributed by atoms with van der Waals surface area (Å²) in [5, 5.41) is 22.9. The molecule has 2 N–H and O–H groups in total. The van der Waals surface area contributed by atoms with Gasteiger partial charge in [-0.1, -0.05) is 50.3 Å². The number of rotatable bonds is 1. The summed E-state index contributed by atoms with van der Waals surface area (Å²) in [6, 6.07) is 9.26. The number of ketones is 2. The van der Waals surface area contributed by atoms with Crippen LogP contribution in [0.2, 0.25) is 0 Å². The molecular formula is C23H21NO4. The Labute approximate surface area is 163 Å². The van der Waals surface area contributed by atoms with E-state index in [1.54, 1.807) is 29.2 Å². The number of para-hydroxylation sites is 1. The molecule has 0 amide bonds. The van der Waals surface area contributed by atoms with Gasteiger partial charge in [-0.3, -0.25) is 9.59 Å². The van der Waals surface area contributed by atoms with Gasteiger partial charge in [0, 0.05) is 23.3 Å². The molecule has 5 nitrogen and oxygen atoms in total. The molecule has 28 heavy (non-hydrogen) atoms. The van der Waals surface area contributed by atoms with Crippen LogP contribution in [0.5, 0.6) is 0 Å². The molecule has 5 rings (SSSR count). The van der Waals surface area contributed by atoms with E-state index in [2.05, 4.69) is 0 Å². The zero-order valence-electron chi connectivity index (χ0n) is 15.8. The van der Waals surface area contributed by atoms with Crippen LogP contribution in [0.3, 0.4) is 0 Å². The average molecular weight is 375 g/mol. The molecule has 2 atom stereocenters. The van der Waals surface area contributed by atoms with E-state index in [1.807, 2.05) is 44.2 Å². The third-order valence-corrected chi connectivity index (χ3v) is 6.16. The van der Waals surface area contributed by atoms with E-state index in [0.717, 1.165) is 0 Å². The second-order valence-corrected chi connectivity index (χ2v) is 8.71. The van der Waals surface area contributed by atoms with Crippen LogP contribution in [0.1, 0.15) is 26.7 Å². The highest BCUT2D eigenvalue weighted by Crippen LogP contribution is 2.57. The molecule has 142 valence electrons. The van der Waals surface area contributed by atoms with Crippen molar-refractivity contribution in [2.75, 3.05) is 4.90 Å². The summed E-state index contributed by atoms with van der Waals surface area (Å²) < 4.78 is 0. The summed E-state index contributed by atoms with van der Waals surface area (Å²) >= 11 is 0. The van der Waals surface area contributed by atoms with Crippen molar-refractivity contribution < 1.29 is 19.8 Å². The van der Waals surface area contributed by atoms with Crippen molar-refractivity contribution in [1.82, 2.24) is 0 Å². The van der Waals surface area contributed by atoms with Crippen molar-refractivity contribution >= 4 is 17.3 Å². The molecule has 1 aromatic rings. The molecule has 0 aromatic heterocycles. The minimum atomic E-state index is -2.13. The van der Waals surface area contributed by atoms with Crippen LogP contribution < -0.4 is 4.90 Å². The van der Waals surface area contributed by atoms with Gasteiger partial charge in [0.25, 0.3) is 0 Å². The van der Waals surface area contributed by atoms with Crippen LogP contribution in [0.25, 0.3) is 0 Å². The Morgan fingerprint density at radius 2 is 1.71 bits per heavy atom. The van der Waals surface area contributed by atoms with E-state index < -0.39 is 22.9 Å². The third-order valence-electron chi connectivity index (χ3n) is 6.16. The summed E-state index contributed by atoms with van der Waals surface area (Å²) in [6.07, 6.45) is 7.35. The lowest BCUT2D eigenvalue weighted by molar-refractivity contribution is -0.147. The van der Waals surface area contributed by atoms with E-state index in [-0.39, 0.29) is 17.4 Å². The van der Waals surface area contributed by atoms with Crippen molar-refractivity contribution in [3.63, 3.8) is 0 Å². The second-order valence-electron chi connectivity index (χ2n) is 8.71. The lowest BCUT2D eigenvalue weighted by Crippen LogP contribution is -2.53. The Kier molecular flexibility index (Phi) is 3.21. The number of fused-ring (bicyclic) bond motifs is 3. The first-order chi connectivity index (χ1) is 13.2. The van der Waals surface area contributed by atoms with Gasteiger partial charge in [0.2, 0.25) is 11.4 Å². The summed E-state index contributed by atoms with van der Waals surface area (Å²) in [5.74, 6) is -1.09. The molecule has 1 aromatic carbocycles. The average Bonchev–Trinajstić information content (AvgIpc) is 3.03. The minimum Gasteiger partial charge on any atom is -0.371 e. The SMILES string of the molecule is CC1(C)CC(=O)C2(O)C(=O)C3=C4C=CC=CC4(O)N(c4ccccc4)C3=C2C1. The second kappa shape index (κ2) is 5.19. The number of Topliss-reactive ketones (excluding diaryl/α,β-unsaturated/α-hetero) is 2. The number of hydrogen-bond acceptors (Lipinski definition) is 5. The number of carbonyl (C=O) groups excluding carboxylic acids is 2. The molecule has 0 spiro atoms. The molecule has 0 radical (unpaired) electrons. The molecule has 0 saturated heterocycles. The highest BCUT2D eigenvalue weighted by atomic mass is 16.3. The monoisotopic (exact) mass is 375 g/mol. The van der Waals surface area contributed by atoms with E-state index in [0.29, 0.717) is 29.0 Å². The van der Waals surface area contributed by atoms with Gasteiger partial charge in [-0.05, 0) is 30.0 Å². The van der Waals surface area contributed by atoms with Crippen molar-refractivity contribution in [3.05, 3.63) is 77.1 Å². The smallest absolute Gasteiger partial charge is 0.210 e. The van der Waals surface area contributed by atoms with Gasteiger partial charge in [-0.15, -0.1) is 0 Å². The van der Waals surface area contributed by atoms with E-state index in [9.17, 15) is 19.8 Å². The molecule has 5 heteroatoms. The van der Waals surface area contributed by atoms with Gasteiger partial charge in [0.05, 0.1) is 11.3 Å². The van der Waals surface area contributed by atoms with E-state index >= 15 is 0 Å². The summed E-state index contributed by atoms with van der Waals surface area (Å²) in [5.41, 5.74) is -1.84. The maximum atomic E-state index is 13.4. The Morgan fingerprint density at radius 1 is 1.00 bits per heavy atom. The highest BCUT2D eigenvalue weighted by Gasteiger charge is 2.65. The first-order valence-corrected chi connectivity index (χ1v) is 9.43. The van der Waals surface area contributed by atoms with Crippen LogP contribution in [0.15, 0.2) is 77.1 Å². The van der Waals surface area contributed by atoms with Gasteiger partial charge < -0.3 is 15.1 Å². The van der Waals surface area contributed by atoms with Gasteiger partial charge in [0.15, 0.2) is 11.5 Å². The van der Waals surface area contributed by atoms with Gasteiger partial charge in [-0.25, -0.2) is 0 Å². The first kappa shape index (κ1) is 17.3. The number of allylic oxidation sites excluding steroid dienone is 3. The van der Waals surface area contributed by atoms with Crippen molar-refractivity contribution in [3.8, 4) is 0 Å². The van der Waals surface area contributed by atoms with Crippen LogP contribution in [-0.4, -0.2) is 33.1 Å². The molecule has 0 bridgehead atoms. The number of carbonyl (C=O) groups is 2. The van der Waals surface area contributed by atoms with Crippen LogP contribution in [-0.2, 0) is 9.59 Å². The van der Waals surface area contributed by atoms with Gasteiger partial charge in [-0.2, -0.15) is 0 Å². The molecule has 1 fully saturated rings. The van der Waals surface area contributed by atoms with Crippen molar-refractivity contribution in [2.24, 2.45) is 5.41 Å². The lowest BCUT2D eigenvalue weighted by atomic mass is 9.67. The Balaban J connectivity index is 1.86. The molecular weight excluding hydrogens is 354 g/mol. The molecule has 3 aliphatic carbocycles. The zero-order valence-corrected chi connectivity index (χ0v) is 15.8. The summed E-state index contributed by atoms with van der Waals surface area (Å²) in [4.78, 5) is 27.9. The number of nitrogens with zero attached hydrogens (tertiary/aromatic N) is 1. The van der Waals surface area contributed by atoms with E-state index in [4.69, 9.17) is 0 Å².